The predicted molar refractivity (Wildman–Crippen MR) is 219 cm³/mol. The van der Waals surface area contributed by atoms with E-state index >= 15 is 0 Å². The number of fused-ring (bicyclic) bond motifs is 17. The molecule has 1 atom stereocenters. The third-order valence-corrected chi connectivity index (χ3v) is 11.9. The number of rotatable bonds is 2. The largest absolute Gasteiger partial charge is 0.228 e. The minimum atomic E-state index is -0.462. The van der Waals surface area contributed by atoms with Crippen LogP contribution in [0.1, 0.15) is 22.3 Å². The maximum atomic E-state index is 5.26. The zero-order chi connectivity index (χ0) is 34.7. The molecule has 2 heteroatoms. The van der Waals surface area contributed by atoms with Crippen LogP contribution in [0, 0.1) is 0 Å². The number of para-hydroxylation sites is 1. The zero-order valence-electron chi connectivity index (χ0n) is 28.7. The van der Waals surface area contributed by atoms with Crippen LogP contribution in [0.5, 0.6) is 0 Å². The summed E-state index contributed by atoms with van der Waals surface area (Å²) in [7, 11) is 0. The Hall–Kier alpha value is -6.90. The van der Waals surface area contributed by atoms with Crippen LogP contribution in [0.25, 0.3) is 88.1 Å². The van der Waals surface area contributed by atoms with Crippen molar-refractivity contribution in [2.75, 3.05) is 0 Å². The Morgan fingerprint density at radius 3 is 1.49 bits per heavy atom. The van der Waals surface area contributed by atoms with Crippen molar-refractivity contribution in [3.8, 4) is 44.9 Å². The van der Waals surface area contributed by atoms with E-state index in [4.69, 9.17) is 9.97 Å². The first kappa shape index (κ1) is 28.8. The van der Waals surface area contributed by atoms with E-state index in [1.165, 1.54) is 76.8 Å². The summed E-state index contributed by atoms with van der Waals surface area (Å²) in [5.41, 5.74) is 14.0. The molecule has 10 aromatic rings. The van der Waals surface area contributed by atoms with Gasteiger partial charge in [-0.1, -0.05) is 158 Å². The van der Waals surface area contributed by atoms with E-state index in [2.05, 4.69) is 176 Å². The van der Waals surface area contributed by atoms with Crippen LogP contribution in [-0.4, -0.2) is 9.97 Å². The normalized spacial score (nSPS) is 15.2. The Balaban J connectivity index is 1.16. The Labute approximate surface area is 306 Å². The highest BCUT2D eigenvalue weighted by Crippen LogP contribution is 2.63. The van der Waals surface area contributed by atoms with Crippen LogP contribution >= 0.6 is 0 Å². The molecule has 9 aromatic carbocycles. The van der Waals surface area contributed by atoms with Gasteiger partial charge in [-0.3, -0.25) is 0 Å². The molecule has 0 aliphatic heterocycles. The smallest absolute Gasteiger partial charge is 0.160 e. The number of hydrogen-bond acceptors (Lipinski definition) is 2. The summed E-state index contributed by atoms with van der Waals surface area (Å²) >= 11 is 0. The highest BCUT2D eigenvalue weighted by molar-refractivity contribution is 6.26. The lowest BCUT2D eigenvalue weighted by Gasteiger charge is -2.30. The first-order valence-corrected chi connectivity index (χ1v) is 18.3. The zero-order valence-corrected chi connectivity index (χ0v) is 28.7. The maximum Gasteiger partial charge on any atom is 0.160 e. The van der Waals surface area contributed by atoms with Crippen molar-refractivity contribution in [2.24, 2.45) is 0 Å². The van der Waals surface area contributed by atoms with Gasteiger partial charge in [0.15, 0.2) is 5.82 Å². The fourth-order valence-electron chi connectivity index (χ4n) is 9.70. The molecule has 1 unspecified atom stereocenters. The molecule has 244 valence electrons. The first-order chi connectivity index (χ1) is 26.3. The van der Waals surface area contributed by atoms with Crippen LogP contribution < -0.4 is 0 Å². The fourth-order valence-corrected chi connectivity index (χ4v) is 9.70. The molecule has 0 amide bonds. The van der Waals surface area contributed by atoms with E-state index in [0.717, 1.165) is 33.5 Å². The van der Waals surface area contributed by atoms with Gasteiger partial charge in [0, 0.05) is 16.5 Å². The van der Waals surface area contributed by atoms with Gasteiger partial charge in [-0.05, 0) is 101 Å². The Kier molecular flexibility index (Phi) is 5.73. The van der Waals surface area contributed by atoms with E-state index in [1.54, 1.807) is 0 Å². The molecular formula is C51H30N2. The van der Waals surface area contributed by atoms with Crippen LogP contribution in [-0.2, 0) is 5.41 Å². The molecule has 53 heavy (non-hydrogen) atoms. The van der Waals surface area contributed by atoms with Gasteiger partial charge >= 0.3 is 0 Å². The minimum Gasteiger partial charge on any atom is -0.228 e. The lowest BCUT2D eigenvalue weighted by Crippen LogP contribution is -2.25. The van der Waals surface area contributed by atoms with Gasteiger partial charge in [0.05, 0.1) is 16.6 Å². The van der Waals surface area contributed by atoms with Crippen LogP contribution in [0.3, 0.4) is 0 Å². The molecule has 0 saturated carbocycles. The average molecular weight is 671 g/mol. The summed E-state index contributed by atoms with van der Waals surface area (Å²) in [4.78, 5) is 10.4. The van der Waals surface area contributed by atoms with Crippen molar-refractivity contribution in [2.45, 2.75) is 5.41 Å². The van der Waals surface area contributed by atoms with Crippen molar-refractivity contribution in [3.05, 3.63) is 204 Å². The average Bonchev–Trinajstić information content (AvgIpc) is 3.69. The molecule has 0 bridgehead atoms. The molecule has 1 heterocycles. The van der Waals surface area contributed by atoms with Gasteiger partial charge in [-0.25, -0.2) is 9.97 Å². The van der Waals surface area contributed by atoms with Crippen molar-refractivity contribution < 1.29 is 0 Å². The molecule has 0 N–H and O–H groups in total. The summed E-state index contributed by atoms with van der Waals surface area (Å²) in [6.45, 7) is 0. The molecule has 2 aliphatic carbocycles. The first-order valence-electron chi connectivity index (χ1n) is 18.3. The Bertz CT molecular complexity index is 3180. The molecule has 2 aliphatic rings. The summed E-state index contributed by atoms with van der Waals surface area (Å²) in [6.07, 6.45) is 0. The highest BCUT2D eigenvalue weighted by atomic mass is 14.9. The predicted octanol–water partition coefficient (Wildman–Crippen LogP) is 12.8. The second-order valence-electron chi connectivity index (χ2n) is 14.4. The topological polar surface area (TPSA) is 25.8 Å². The quantitative estimate of drug-likeness (QED) is 0.171. The second-order valence-corrected chi connectivity index (χ2v) is 14.4. The highest BCUT2D eigenvalue weighted by Gasteiger charge is 2.51. The SMILES string of the molecule is c1ccc(-c2nc(-c3ccc4c(c3)-c3ccccc3C43c4ccccc4-c4cc5c6ccccc6c6ccccc6c5cc43)nc3ccccc23)cc1. The van der Waals surface area contributed by atoms with Gasteiger partial charge in [0.2, 0.25) is 0 Å². The monoisotopic (exact) mass is 670 g/mol. The van der Waals surface area contributed by atoms with E-state index < -0.39 is 5.41 Å². The summed E-state index contributed by atoms with van der Waals surface area (Å²) in [6, 6.07) is 66.6. The molecule has 0 saturated heterocycles. The van der Waals surface area contributed by atoms with Crippen LogP contribution in [0.4, 0.5) is 0 Å². The van der Waals surface area contributed by atoms with Gasteiger partial charge in [-0.2, -0.15) is 0 Å². The van der Waals surface area contributed by atoms with Crippen molar-refractivity contribution >= 4 is 43.2 Å². The molecule has 0 radical (unpaired) electrons. The van der Waals surface area contributed by atoms with Crippen LogP contribution in [0.2, 0.25) is 0 Å². The van der Waals surface area contributed by atoms with Gasteiger partial charge < -0.3 is 0 Å². The summed E-state index contributed by atoms with van der Waals surface area (Å²) < 4.78 is 0. The third kappa shape index (κ3) is 3.77. The van der Waals surface area contributed by atoms with Gasteiger partial charge in [0.25, 0.3) is 0 Å². The standard InChI is InChI=1S/C51H30N2/c1-2-14-31(15-3-1)49-39-22-10-13-25-48(39)52-50(53-49)32-26-27-46-42(28-32)37-20-8-11-23-44(37)51(46)45-24-12-9-21-38(45)43-29-40-35-18-6-4-16-33(35)34-17-5-7-19-36(34)41(40)30-47(43)51/h1-30H. The number of aromatic nitrogens is 2. The number of hydrogen-bond donors (Lipinski definition) is 0. The van der Waals surface area contributed by atoms with E-state index in [1.807, 2.05) is 6.07 Å². The van der Waals surface area contributed by atoms with E-state index in [-0.39, 0.29) is 0 Å². The lowest BCUT2D eigenvalue weighted by atomic mass is 9.70. The number of nitrogens with zero attached hydrogens (tertiary/aromatic N) is 2. The summed E-state index contributed by atoms with van der Waals surface area (Å²) in [5, 5.41) is 8.83. The second kappa shape index (κ2) is 10.6. The fraction of sp³-hybridized carbons (Fsp3) is 0.0196. The lowest BCUT2D eigenvalue weighted by molar-refractivity contribution is 0.795. The minimum absolute atomic E-state index is 0.462. The molecular weight excluding hydrogens is 641 g/mol. The molecule has 1 spiro atoms. The van der Waals surface area contributed by atoms with Crippen molar-refractivity contribution in [1.82, 2.24) is 9.97 Å². The molecule has 2 nitrogen and oxygen atoms in total. The Morgan fingerprint density at radius 1 is 0.302 bits per heavy atom. The van der Waals surface area contributed by atoms with Crippen molar-refractivity contribution in [1.29, 1.82) is 0 Å². The Morgan fingerprint density at radius 2 is 0.811 bits per heavy atom. The van der Waals surface area contributed by atoms with Gasteiger partial charge in [0.1, 0.15) is 0 Å². The van der Waals surface area contributed by atoms with Crippen molar-refractivity contribution in [3.63, 3.8) is 0 Å². The third-order valence-electron chi connectivity index (χ3n) is 11.9. The number of benzene rings is 9. The van der Waals surface area contributed by atoms with E-state index in [9.17, 15) is 0 Å². The molecule has 1 aromatic heterocycles. The van der Waals surface area contributed by atoms with Crippen LogP contribution in [0.15, 0.2) is 182 Å². The molecule has 0 fully saturated rings. The molecule has 12 rings (SSSR count). The maximum absolute atomic E-state index is 5.26. The van der Waals surface area contributed by atoms with Gasteiger partial charge in [-0.15, -0.1) is 0 Å². The summed E-state index contributed by atoms with van der Waals surface area (Å²) in [5.74, 6) is 0.736. The van der Waals surface area contributed by atoms with E-state index in [0.29, 0.717) is 0 Å².